The number of aliphatic carboxylic acids is 1. The molecule has 0 atom stereocenters. The van der Waals surface area contributed by atoms with Crippen molar-refractivity contribution in [1.82, 2.24) is 0 Å². The Morgan fingerprint density at radius 3 is 1.93 bits per heavy atom. The molecule has 0 amide bonds. The van der Waals surface area contributed by atoms with Gasteiger partial charge in [-0.05, 0) is 24.8 Å². The Balaban J connectivity index is 0.000000364. The lowest BCUT2D eigenvalue weighted by molar-refractivity contribution is -0.134. The molecule has 0 spiro atoms. The van der Waals surface area contributed by atoms with E-state index in [1.807, 2.05) is 0 Å². The molecule has 1 aliphatic carbocycles. The fourth-order valence-corrected chi connectivity index (χ4v) is 1.79. The van der Waals surface area contributed by atoms with Crippen LogP contribution in [0.2, 0.25) is 0 Å². The van der Waals surface area contributed by atoms with E-state index in [9.17, 15) is 0 Å². The highest BCUT2D eigenvalue weighted by Gasteiger charge is 2.23. The molecule has 0 bridgehead atoms. The summed E-state index contributed by atoms with van der Waals surface area (Å²) in [7, 11) is 0. The molecule has 1 fully saturated rings. The van der Waals surface area contributed by atoms with Crippen molar-refractivity contribution < 1.29 is 9.90 Å². The molecule has 3 heteroatoms. The molecular weight excluding hydrogens is 178 g/mol. The van der Waals surface area contributed by atoms with Crippen LogP contribution in [0.1, 0.15) is 52.4 Å². The molecule has 0 unspecified atom stereocenters. The van der Waals surface area contributed by atoms with Crippen LogP contribution in [0.4, 0.5) is 0 Å². The Morgan fingerprint density at radius 2 is 1.64 bits per heavy atom. The Kier molecular flexibility index (Phi) is 6.54. The highest BCUT2D eigenvalue weighted by molar-refractivity contribution is 5.62. The van der Waals surface area contributed by atoms with Crippen LogP contribution in [0.25, 0.3) is 0 Å². The fourth-order valence-electron chi connectivity index (χ4n) is 1.79. The molecule has 0 aromatic heterocycles. The van der Waals surface area contributed by atoms with E-state index in [1.165, 1.54) is 38.5 Å². The molecular formula is C11H23NO2. The summed E-state index contributed by atoms with van der Waals surface area (Å²) in [5.41, 5.74) is 6.19. The van der Waals surface area contributed by atoms with E-state index in [0.717, 1.165) is 13.5 Å². The van der Waals surface area contributed by atoms with Crippen molar-refractivity contribution in [3.63, 3.8) is 0 Å². The van der Waals surface area contributed by atoms with Gasteiger partial charge in [-0.25, -0.2) is 0 Å². The van der Waals surface area contributed by atoms with Crippen molar-refractivity contribution >= 4 is 5.97 Å². The van der Waals surface area contributed by atoms with Gasteiger partial charge in [-0.1, -0.05) is 32.6 Å². The number of carbonyl (C=O) groups is 1. The maximum Gasteiger partial charge on any atom is 0.300 e. The molecule has 3 nitrogen and oxygen atoms in total. The van der Waals surface area contributed by atoms with Crippen LogP contribution in [0.5, 0.6) is 0 Å². The monoisotopic (exact) mass is 201 g/mol. The molecule has 0 aromatic rings. The van der Waals surface area contributed by atoms with E-state index < -0.39 is 5.97 Å². The van der Waals surface area contributed by atoms with Crippen molar-refractivity contribution in [3.05, 3.63) is 0 Å². The highest BCUT2D eigenvalue weighted by atomic mass is 16.4. The molecule has 1 saturated carbocycles. The zero-order valence-electron chi connectivity index (χ0n) is 9.38. The van der Waals surface area contributed by atoms with Gasteiger partial charge in [0.15, 0.2) is 0 Å². The maximum absolute atomic E-state index is 9.00. The Bertz CT molecular complexity index is 157. The number of carboxylic acid groups (broad SMARTS) is 1. The number of hydrogen-bond donors (Lipinski definition) is 2. The van der Waals surface area contributed by atoms with E-state index in [1.54, 1.807) is 0 Å². The first-order valence-corrected chi connectivity index (χ1v) is 5.40. The SMILES string of the molecule is CC(=O)O.CC1(CN)CCCCCC1. The van der Waals surface area contributed by atoms with Crippen LogP contribution in [0.3, 0.4) is 0 Å². The van der Waals surface area contributed by atoms with Crippen LogP contribution in [0.15, 0.2) is 0 Å². The summed E-state index contributed by atoms with van der Waals surface area (Å²) in [6.07, 6.45) is 8.35. The summed E-state index contributed by atoms with van der Waals surface area (Å²) in [6.45, 7) is 4.30. The first kappa shape index (κ1) is 13.4. The first-order valence-electron chi connectivity index (χ1n) is 5.40. The van der Waals surface area contributed by atoms with Gasteiger partial charge in [0.2, 0.25) is 0 Å². The average Bonchev–Trinajstić information content (AvgIpc) is 2.30. The minimum absolute atomic E-state index is 0.483. The average molecular weight is 201 g/mol. The van der Waals surface area contributed by atoms with Crippen LogP contribution >= 0.6 is 0 Å². The normalized spacial score (nSPS) is 20.2. The van der Waals surface area contributed by atoms with Crippen LogP contribution in [-0.4, -0.2) is 17.6 Å². The van der Waals surface area contributed by atoms with Crippen molar-refractivity contribution in [3.8, 4) is 0 Å². The van der Waals surface area contributed by atoms with Gasteiger partial charge in [-0.2, -0.15) is 0 Å². The largest absolute Gasteiger partial charge is 0.481 e. The highest BCUT2D eigenvalue weighted by Crippen LogP contribution is 2.32. The molecule has 3 N–H and O–H groups in total. The summed E-state index contributed by atoms with van der Waals surface area (Å²) in [5, 5.41) is 7.42. The first-order chi connectivity index (χ1) is 6.50. The van der Waals surface area contributed by atoms with Crippen molar-refractivity contribution in [2.24, 2.45) is 11.1 Å². The molecule has 0 aromatic carbocycles. The third-order valence-electron chi connectivity index (χ3n) is 2.80. The summed E-state index contributed by atoms with van der Waals surface area (Å²) in [4.78, 5) is 9.00. The van der Waals surface area contributed by atoms with Crippen molar-refractivity contribution in [2.45, 2.75) is 52.4 Å². The van der Waals surface area contributed by atoms with Gasteiger partial charge in [0.25, 0.3) is 5.97 Å². The Hall–Kier alpha value is -0.570. The van der Waals surface area contributed by atoms with Gasteiger partial charge >= 0.3 is 0 Å². The van der Waals surface area contributed by atoms with E-state index in [4.69, 9.17) is 15.6 Å². The van der Waals surface area contributed by atoms with Gasteiger partial charge < -0.3 is 10.8 Å². The minimum Gasteiger partial charge on any atom is -0.481 e. The molecule has 14 heavy (non-hydrogen) atoms. The van der Waals surface area contributed by atoms with Crippen LogP contribution in [0, 0.1) is 5.41 Å². The fraction of sp³-hybridized carbons (Fsp3) is 0.909. The number of carboxylic acids is 1. The van der Waals surface area contributed by atoms with E-state index >= 15 is 0 Å². The zero-order chi connectivity index (χ0) is 11.0. The summed E-state index contributed by atoms with van der Waals surface area (Å²) in [6, 6.07) is 0. The maximum atomic E-state index is 9.00. The summed E-state index contributed by atoms with van der Waals surface area (Å²) >= 11 is 0. The van der Waals surface area contributed by atoms with Gasteiger partial charge in [0.05, 0.1) is 0 Å². The lowest BCUT2D eigenvalue weighted by Gasteiger charge is -2.25. The second-order valence-electron chi connectivity index (χ2n) is 4.45. The molecule has 1 aliphatic rings. The molecule has 0 saturated heterocycles. The quantitative estimate of drug-likeness (QED) is 0.640. The van der Waals surface area contributed by atoms with Crippen LogP contribution < -0.4 is 5.73 Å². The predicted molar refractivity (Wildman–Crippen MR) is 58.2 cm³/mol. The number of rotatable bonds is 1. The minimum atomic E-state index is -0.833. The van der Waals surface area contributed by atoms with E-state index in [2.05, 4.69) is 6.92 Å². The third-order valence-corrected chi connectivity index (χ3v) is 2.80. The Labute approximate surface area is 86.7 Å². The lowest BCUT2D eigenvalue weighted by Crippen LogP contribution is -2.26. The zero-order valence-corrected chi connectivity index (χ0v) is 9.38. The van der Waals surface area contributed by atoms with Crippen molar-refractivity contribution in [2.75, 3.05) is 6.54 Å². The molecule has 84 valence electrons. The molecule has 1 rings (SSSR count). The van der Waals surface area contributed by atoms with E-state index in [-0.39, 0.29) is 0 Å². The molecule has 0 heterocycles. The lowest BCUT2D eigenvalue weighted by atomic mass is 9.83. The molecule has 0 aliphatic heterocycles. The van der Waals surface area contributed by atoms with Gasteiger partial charge in [-0.3, -0.25) is 4.79 Å². The summed E-state index contributed by atoms with van der Waals surface area (Å²) in [5.74, 6) is -0.833. The van der Waals surface area contributed by atoms with Gasteiger partial charge in [-0.15, -0.1) is 0 Å². The molecule has 0 radical (unpaired) electrons. The number of hydrogen-bond acceptors (Lipinski definition) is 2. The Morgan fingerprint density at radius 1 is 1.29 bits per heavy atom. The summed E-state index contributed by atoms with van der Waals surface area (Å²) < 4.78 is 0. The predicted octanol–water partition coefficient (Wildman–Crippen LogP) is 2.40. The smallest absolute Gasteiger partial charge is 0.300 e. The van der Waals surface area contributed by atoms with Crippen molar-refractivity contribution in [1.29, 1.82) is 0 Å². The number of nitrogens with two attached hydrogens (primary N) is 1. The van der Waals surface area contributed by atoms with Gasteiger partial charge in [0, 0.05) is 6.92 Å². The van der Waals surface area contributed by atoms with Crippen LogP contribution in [-0.2, 0) is 4.79 Å². The third kappa shape index (κ3) is 6.89. The van der Waals surface area contributed by atoms with E-state index in [0.29, 0.717) is 5.41 Å². The second kappa shape index (κ2) is 6.82. The second-order valence-corrected chi connectivity index (χ2v) is 4.45. The topological polar surface area (TPSA) is 63.3 Å². The van der Waals surface area contributed by atoms with Gasteiger partial charge in [0.1, 0.15) is 0 Å². The standard InChI is InChI=1S/C9H19N.C2H4O2/c1-9(8-10)6-4-2-3-5-7-9;1-2(3)4/h2-8,10H2,1H3;1H3,(H,3,4).